The Kier molecular flexibility index (Phi) is 6.66. The van der Waals surface area contributed by atoms with Gasteiger partial charge in [0.25, 0.3) is 0 Å². The molecule has 0 unspecified atom stereocenters. The zero-order chi connectivity index (χ0) is 21.2. The molecule has 0 spiro atoms. The van der Waals surface area contributed by atoms with Crippen LogP contribution in [0, 0.1) is 19.8 Å². The highest BCUT2D eigenvalue weighted by Gasteiger charge is 2.33. The molecular formula is C22H27ClN2O3S. The number of rotatable bonds is 5. The van der Waals surface area contributed by atoms with Crippen molar-refractivity contribution in [2.24, 2.45) is 5.92 Å². The predicted molar refractivity (Wildman–Crippen MR) is 115 cm³/mol. The van der Waals surface area contributed by atoms with Crippen molar-refractivity contribution in [3.8, 4) is 0 Å². The van der Waals surface area contributed by atoms with E-state index < -0.39 is 10.0 Å². The van der Waals surface area contributed by atoms with Gasteiger partial charge < -0.3 is 4.90 Å². The number of aryl methyl sites for hydroxylation is 2. The Morgan fingerprint density at radius 2 is 1.83 bits per heavy atom. The lowest BCUT2D eigenvalue weighted by Crippen LogP contribution is -2.43. The van der Waals surface area contributed by atoms with Gasteiger partial charge in [-0.1, -0.05) is 41.4 Å². The van der Waals surface area contributed by atoms with Gasteiger partial charge in [0.2, 0.25) is 15.9 Å². The lowest BCUT2D eigenvalue weighted by atomic mass is 9.96. The Hall–Kier alpha value is -1.89. The maximum absolute atomic E-state index is 13.0. The molecular weight excluding hydrogens is 408 g/mol. The van der Waals surface area contributed by atoms with Gasteiger partial charge in [0, 0.05) is 37.6 Å². The van der Waals surface area contributed by atoms with E-state index in [1.165, 1.54) is 4.31 Å². The first kappa shape index (κ1) is 21.8. The molecule has 0 radical (unpaired) electrons. The van der Waals surface area contributed by atoms with E-state index in [1.54, 1.807) is 24.1 Å². The third-order valence-corrected chi connectivity index (χ3v) is 7.73. The van der Waals surface area contributed by atoms with Gasteiger partial charge in [-0.15, -0.1) is 0 Å². The Balaban J connectivity index is 1.62. The summed E-state index contributed by atoms with van der Waals surface area (Å²) in [7, 11) is -1.76. The molecule has 3 rings (SSSR count). The minimum atomic E-state index is -3.54. The summed E-state index contributed by atoms with van der Waals surface area (Å²) < 4.78 is 27.5. The molecule has 29 heavy (non-hydrogen) atoms. The van der Waals surface area contributed by atoms with Gasteiger partial charge in [-0.2, -0.15) is 4.31 Å². The van der Waals surface area contributed by atoms with Crippen molar-refractivity contribution < 1.29 is 13.2 Å². The van der Waals surface area contributed by atoms with E-state index in [0.717, 1.165) is 16.7 Å². The minimum Gasteiger partial charge on any atom is -0.341 e. The van der Waals surface area contributed by atoms with Crippen LogP contribution in [0.3, 0.4) is 0 Å². The number of piperidine rings is 1. The third-order valence-electron chi connectivity index (χ3n) is 5.44. The van der Waals surface area contributed by atoms with Gasteiger partial charge in [-0.05, 0) is 56.0 Å². The summed E-state index contributed by atoms with van der Waals surface area (Å²) in [5.74, 6) is -0.113. The van der Waals surface area contributed by atoms with Crippen LogP contribution < -0.4 is 0 Å². The second-order valence-electron chi connectivity index (χ2n) is 7.77. The first-order valence-corrected chi connectivity index (χ1v) is 11.6. The Bertz CT molecular complexity index is 999. The van der Waals surface area contributed by atoms with E-state index in [0.29, 0.717) is 42.4 Å². The SMILES string of the molecule is Cc1ccc(S(=O)(=O)N2CCC(C(=O)N(C)Cc3cccc(Cl)c3)CC2)c(C)c1. The summed E-state index contributed by atoms with van der Waals surface area (Å²) in [5, 5.41) is 0.647. The highest BCUT2D eigenvalue weighted by Crippen LogP contribution is 2.27. The van der Waals surface area contributed by atoms with Gasteiger partial charge in [-0.25, -0.2) is 8.42 Å². The van der Waals surface area contributed by atoms with Gasteiger partial charge >= 0.3 is 0 Å². The number of nitrogens with zero attached hydrogens (tertiary/aromatic N) is 2. The Morgan fingerprint density at radius 1 is 1.14 bits per heavy atom. The molecule has 0 bridgehead atoms. The normalized spacial score (nSPS) is 16.0. The molecule has 1 saturated heterocycles. The van der Waals surface area contributed by atoms with Gasteiger partial charge in [0.1, 0.15) is 0 Å². The lowest BCUT2D eigenvalue weighted by molar-refractivity contribution is -0.135. The van der Waals surface area contributed by atoms with Crippen LogP contribution in [0.1, 0.15) is 29.5 Å². The second-order valence-corrected chi connectivity index (χ2v) is 10.1. The predicted octanol–water partition coefficient (Wildman–Crippen LogP) is 4.02. The average Bonchev–Trinajstić information content (AvgIpc) is 2.67. The maximum atomic E-state index is 13.0. The minimum absolute atomic E-state index is 0.0496. The number of carbonyl (C=O) groups excluding carboxylic acids is 1. The molecule has 1 aliphatic rings. The van der Waals surface area contributed by atoms with E-state index in [-0.39, 0.29) is 11.8 Å². The topological polar surface area (TPSA) is 57.7 Å². The molecule has 156 valence electrons. The molecule has 5 nitrogen and oxygen atoms in total. The molecule has 0 atom stereocenters. The molecule has 2 aromatic carbocycles. The van der Waals surface area contributed by atoms with Crippen LogP contribution in [0.15, 0.2) is 47.4 Å². The van der Waals surface area contributed by atoms with Crippen LogP contribution in [0.5, 0.6) is 0 Å². The van der Waals surface area contributed by atoms with Crippen molar-refractivity contribution in [2.45, 2.75) is 38.1 Å². The molecule has 1 aliphatic heterocycles. The van der Waals surface area contributed by atoms with Crippen LogP contribution >= 0.6 is 11.6 Å². The van der Waals surface area contributed by atoms with Crippen LogP contribution in [0.2, 0.25) is 5.02 Å². The number of sulfonamides is 1. The highest BCUT2D eigenvalue weighted by molar-refractivity contribution is 7.89. The first-order chi connectivity index (χ1) is 13.7. The molecule has 1 amide bonds. The summed E-state index contributed by atoms with van der Waals surface area (Å²) in [6.07, 6.45) is 1.06. The van der Waals surface area contributed by atoms with E-state index in [9.17, 15) is 13.2 Å². The molecule has 0 saturated carbocycles. The molecule has 0 aromatic heterocycles. The zero-order valence-corrected chi connectivity index (χ0v) is 18.6. The number of hydrogen-bond acceptors (Lipinski definition) is 3. The van der Waals surface area contributed by atoms with Gasteiger partial charge in [-0.3, -0.25) is 4.79 Å². The Labute approximate surface area is 178 Å². The number of carbonyl (C=O) groups is 1. The molecule has 0 N–H and O–H groups in total. The number of halogens is 1. The standard InChI is InChI=1S/C22H27ClN2O3S/c1-16-7-8-21(17(2)13-16)29(27,28)25-11-9-19(10-12-25)22(26)24(3)15-18-5-4-6-20(23)14-18/h4-8,13-14,19H,9-12,15H2,1-3H3. The van der Waals surface area contributed by atoms with E-state index in [4.69, 9.17) is 11.6 Å². The summed E-state index contributed by atoms with van der Waals surface area (Å²) in [4.78, 5) is 14.9. The van der Waals surface area contributed by atoms with Crippen molar-refractivity contribution in [3.63, 3.8) is 0 Å². The highest BCUT2D eigenvalue weighted by atomic mass is 35.5. The van der Waals surface area contributed by atoms with Crippen molar-refractivity contribution in [3.05, 3.63) is 64.2 Å². The van der Waals surface area contributed by atoms with E-state index in [2.05, 4.69) is 0 Å². The molecule has 7 heteroatoms. The lowest BCUT2D eigenvalue weighted by Gasteiger charge is -2.33. The third kappa shape index (κ3) is 5.00. The smallest absolute Gasteiger partial charge is 0.243 e. The fraction of sp³-hybridized carbons (Fsp3) is 0.409. The van der Waals surface area contributed by atoms with Crippen molar-refractivity contribution in [1.29, 1.82) is 0 Å². The quantitative estimate of drug-likeness (QED) is 0.714. The van der Waals surface area contributed by atoms with Gasteiger partial charge in [0.05, 0.1) is 4.90 Å². The fourth-order valence-corrected chi connectivity index (χ4v) is 5.76. The van der Waals surface area contributed by atoms with E-state index in [1.807, 2.05) is 44.2 Å². The number of amides is 1. The van der Waals surface area contributed by atoms with Crippen LogP contribution in [0.4, 0.5) is 0 Å². The molecule has 1 fully saturated rings. The maximum Gasteiger partial charge on any atom is 0.243 e. The summed E-state index contributed by atoms with van der Waals surface area (Å²) >= 11 is 6.02. The van der Waals surface area contributed by atoms with Crippen molar-refractivity contribution >= 4 is 27.5 Å². The second kappa shape index (κ2) is 8.86. The number of hydrogen-bond donors (Lipinski definition) is 0. The average molecular weight is 435 g/mol. The first-order valence-electron chi connectivity index (χ1n) is 9.75. The summed E-state index contributed by atoms with van der Waals surface area (Å²) in [6, 6.07) is 12.8. The van der Waals surface area contributed by atoms with Gasteiger partial charge in [0.15, 0.2) is 0 Å². The Morgan fingerprint density at radius 3 is 2.45 bits per heavy atom. The molecule has 2 aromatic rings. The van der Waals surface area contributed by atoms with Crippen molar-refractivity contribution in [1.82, 2.24) is 9.21 Å². The molecule has 1 heterocycles. The van der Waals surface area contributed by atoms with E-state index >= 15 is 0 Å². The summed E-state index contributed by atoms with van der Waals surface area (Å²) in [5.41, 5.74) is 2.76. The largest absolute Gasteiger partial charge is 0.341 e. The van der Waals surface area contributed by atoms with Crippen LogP contribution in [0.25, 0.3) is 0 Å². The molecule has 0 aliphatic carbocycles. The van der Waals surface area contributed by atoms with Crippen LogP contribution in [-0.2, 0) is 21.4 Å². The number of benzene rings is 2. The van der Waals surface area contributed by atoms with Crippen LogP contribution in [-0.4, -0.2) is 43.7 Å². The summed E-state index contributed by atoms with van der Waals surface area (Å²) in [6.45, 7) is 4.97. The zero-order valence-electron chi connectivity index (χ0n) is 17.1. The fourth-order valence-electron chi connectivity index (χ4n) is 3.87. The van der Waals surface area contributed by atoms with Crippen molar-refractivity contribution in [2.75, 3.05) is 20.1 Å². The monoisotopic (exact) mass is 434 g/mol.